The van der Waals surface area contributed by atoms with Gasteiger partial charge >= 0.3 is 0 Å². The minimum Gasteiger partial charge on any atom is -0.373 e. The largest absolute Gasteiger partial charge is 0.373 e. The Hall–Kier alpha value is -0.680. The normalized spacial score (nSPS) is 27.5. The average molecular weight is 355 g/mol. The molecule has 0 saturated carbocycles. The zero-order valence-corrected chi connectivity index (χ0v) is 15.4. The zero-order valence-electron chi connectivity index (χ0n) is 14.7. The molecule has 1 aromatic carbocycles. The molecule has 2 heterocycles. The molecule has 0 bridgehead atoms. The topological polar surface area (TPSA) is 15.7 Å². The van der Waals surface area contributed by atoms with Crippen molar-refractivity contribution in [1.29, 1.82) is 0 Å². The van der Waals surface area contributed by atoms with Gasteiger partial charge in [0.1, 0.15) is 5.82 Å². The molecule has 5 heteroatoms. The standard InChI is InChI=1S/C19H28ClFN2O/c1-14-10-23(11-15(2)24-14)12-16-6-8-22(9-7-16)13-17-18(20)4-3-5-19(17)21/h3-5,14-16H,6-13H2,1-2H3. The van der Waals surface area contributed by atoms with Crippen LogP contribution in [0, 0.1) is 11.7 Å². The van der Waals surface area contributed by atoms with Gasteiger partial charge in [0.2, 0.25) is 0 Å². The predicted octanol–water partition coefficient (Wildman–Crippen LogP) is 3.80. The van der Waals surface area contributed by atoms with Gasteiger partial charge in [-0.3, -0.25) is 9.80 Å². The van der Waals surface area contributed by atoms with Gasteiger partial charge < -0.3 is 4.74 Å². The van der Waals surface area contributed by atoms with Crippen LogP contribution in [0.25, 0.3) is 0 Å². The average Bonchev–Trinajstić information content (AvgIpc) is 2.52. The molecule has 0 aromatic heterocycles. The highest BCUT2D eigenvalue weighted by atomic mass is 35.5. The molecule has 0 amide bonds. The van der Waals surface area contributed by atoms with Crippen LogP contribution in [0.4, 0.5) is 4.39 Å². The molecule has 0 aliphatic carbocycles. The second-order valence-corrected chi connectivity index (χ2v) is 7.80. The third-order valence-electron chi connectivity index (χ3n) is 5.16. The maximum Gasteiger partial charge on any atom is 0.129 e. The summed E-state index contributed by atoms with van der Waals surface area (Å²) in [5.74, 6) is 0.538. The lowest BCUT2D eigenvalue weighted by molar-refractivity contribution is -0.0732. The van der Waals surface area contributed by atoms with E-state index >= 15 is 0 Å². The minimum atomic E-state index is -0.194. The number of rotatable bonds is 4. The van der Waals surface area contributed by atoms with Gasteiger partial charge in [0, 0.05) is 36.8 Å². The molecule has 0 N–H and O–H groups in total. The van der Waals surface area contributed by atoms with Gasteiger partial charge in [-0.1, -0.05) is 17.7 Å². The Kier molecular flexibility index (Phi) is 6.14. The van der Waals surface area contributed by atoms with Crippen LogP contribution in [-0.4, -0.2) is 54.7 Å². The number of likely N-dealkylation sites (tertiary alicyclic amines) is 1. The van der Waals surface area contributed by atoms with Crippen molar-refractivity contribution in [2.45, 2.75) is 45.4 Å². The number of hydrogen-bond donors (Lipinski definition) is 0. The number of morpholine rings is 1. The molecule has 0 spiro atoms. The highest BCUT2D eigenvalue weighted by Crippen LogP contribution is 2.25. The van der Waals surface area contributed by atoms with Crippen LogP contribution in [-0.2, 0) is 11.3 Å². The van der Waals surface area contributed by atoms with E-state index in [0.717, 1.165) is 38.6 Å². The van der Waals surface area contributed by atoms with Gasteiger partial charge in [-0.05, 0) is 57.8 Å². The Morgan fingerprint density at radius 2 is 1.79 bits per heavy atom. The van der Waals surface area contributed by atoms with E-state index in [9.17, 15) is 4.39 Å². The van der Waals surface area contributed by atoms with Crippen molar-refractivity contribution in [2.75, 3.05) is 32.7 Å². The number of hydrogen-bond acceptors (Lipinski definition) is 3. The van der Waals surface area contributed by atoms with Crippen LogP contribution in [0.5, 0.6) is 0 Å². The molecule has 2 fully saturated rings. The maximum atomic E-state index is 13.9. The highest BCUT2D eigenvalue weighted by molar-refractivity contribution is 6.31. The summed E-state index contributed by atoms with van der Waals surface area (Å²) >= 11 is 6.15. The smallest absolute Gasteiger partial charge is 0.129 e. The molecule has 1 aromatic rings. The molecule has 2 saturated heterocycles. The number of nitrogens with zero attached hydrogens (tertiary/aromatic N) is 2. The van der Waals surface area contributed by atoms with E-state index in [4.69, 9.17) is 16.3 Å². The van der Waals surface area contributed by atoms with E-state index in [1.807, 2.05) is 0 Å². The van der Waals surface area contributed by atoms with Gasteiger partial charge in [-0.2, -0.15) is 0 Å². The Morgan fingerprint density at radius 3 is 2.42 bits per heavy atom. The summed E-state index contributed by atoms with van der Waals surface area (Å²) in [6.45, 7) is 10.2. The lowest BCUT2D eigenvalue weighted by Gasteiger charge is -2.39. The third-order valence-corrected chi connectivity index (χ3v) is 5.52. The van der Waals surface area contributed by atoms with Crippen molar-refractivity contribution >= 4 is 11.6 Å². The second kappa shape index (κ2) is 8.13. The molecule has 0 radical (unpaired) electrons. The SMILES string of the molecule is CC1CN(CC2CCN(Cc3c(F)cccc3Cl)CC2)CC(C)O1. The summed E-state index contributed by atoms with van der Waals surface area (Å²) in [5, 5.41) is 0.536. The molecule has 2 aliphatic heterocycles. The fourth-order valence-corrected chi connectivity index (χ4v) is 4.26. The third kappa shape index (κ3) is 4.69. The predicted molar refractivity (Wildman–Crippen MR) is 95.9 cm³/mol. The molecular formula is C19H28ClFN2O. The minimum absolute atomic E-state index is 0.194. The van der Waals surface area contributed by atoms with Crippen LogP contribution < -0.4 is 0 Å². The van der Waals surface area contributed by atoms with Crippen LogP contribution in [0.15, 0.2) is 18.2 Å². The van der Waals surface area contributed by atoms with Gasteiger partial charge in [0.25, 0.3) is 0 Å². The first-order valence-electron chi connectivity index (χ1n) is 9.04. The van der Waals surface area contributed by atoms with E-state index in [1.54, 1.807) is 12.1 Å². The fourth-order valence-electron chi connectivity index (χ4n) is 4.03. The summed E-state index contributed by atoms with van der Waals surface area (Å²) in [4.78, 5) is 4.87. The Bertz CT molecular complexity index is 518. The second-order valence-electron chi connectivity index (χ2n) is 7.40. The van der Waals surface area contributed by atoms with E-state index in [1.165, 1.54) is 18.9 Å². The van der Waals surface area contributed by atoms with Crippen LogP contribution in [0.1, 0.15) is 32.3 Å². The van der Waals surface area contributed by atoms with Crippen LogP contribution in [0.2, 0.25) is 5.02 Å². The molecule has 134 valence electrons. The number of piperidine rings is 1. The van der Waals surface area contributed by atoms with Crippen LogP contribution in [0.3, 0.4) is 0 Å². The highest BCUT2D eigenvalue weighted by Gasteiger charge is 2.27. The first kappa shape index (κ1) is 18.1. The van der Waals surface area contributed by atoms with Crippen molar-refractivity contribution < 1.29 is 9.13 Å². The van der Waals surface area contributed by atoms with E-state index < -0.39 is 0 Å². The van der Waals surface area contributed by atoms with E-state index in [-0.39, 0.29) is 5.82 Å². The van der Waals surface area contributed by atoms with Crippen molar-refractivity contribution in [2.24, 2.45) is 5.92 Å². The van der Waals surface area contributed by atoms with Crippen molar-refractivity contribution in [3.05, 3.63) is 34.6 Å². The molecule has 3 nitrogen and oxygen atoms in total. The molecule has 2 unspecified atom stereocenters. The molecule has 2 aliphatic rings. The zero-order chi connectivity index (χ0) is 17.1. The van der Waals surface area contributed by atoms with Crippen molar-refractivity contribution in [3.8, 4) is 0 Å². The van der Waals surface area contributed by atoms with Crippen LogP contribution >= 0.6 is 11.6 Å². The lowest BCUT2D eigenvalue weighted by atomic mass is 9.95. The summed E-state index contributed by atoms with van der Waals surface area (Å²) in [7, 11) is 0. The fraction of sp³-hybridized carbons (Fsp3) is 0.684. The molecule has 2 atom stereocenters. The van der Waals surface area contributed by atoms with Gasteiger partial charge in [-0.25, -0.2) is 4.39 Å². The Morgan fingerprint density at radius 1 is 1.12 bits per heavy atom. The summed E-state index contributed by atoms with van der Waals surface area (Å²) < 4.78 is 19.7. The first-order valence-corrected chi connectivity index (χ1v) is 9.42. The van der Waals surface area contributed by atoms with Gasteiger partial charge in [0.05, 0.1) is 12.2 Å². The maximum absolute atomic E-state index is 13.9. The van der Waals surface area contributed by atoms with Crippen molar-refractivity contribution in [1.82, 2.24) is 9.80 Å². The Labute approximate surface area is 149 Å². The molecule has 3 rings (SSSR count). The Balaban J connectivity index is 1.47. The quantitative estimate of drug-likeness (QED) is 0.818. The number of halogens is 2. The monoisotopic (exact) mass is 354 g/mol. The van der Waals surface area contributed by atoms with Gasteiger partial charge in [-0.15, -0.1) is 0 Å². The lowest BCUT2D eigenvalue weighted by Crippen LogP contribution is -2.48. The summed E-state index contributed by atoms with van der Waals surface area (Å²) in [6.07, 6.45) is 3.01. The summed E-state index contributed by atoms with van der Waals surface area (Å²) in [5.41, 5.74) is 0.633. The number of benzene rings is 1. The summed E-state index contributed by atoms with van der Waals surface area (Å²) in [6, 6.07) is 4.93. The van der Waals surface area contributed by atoms with E-state index in [2.05, 4.69) is 23.6 Å². The molecule has 24 heavy (non-hydrogen) atoms. The molecular weight excluding hydrogens is 327 g/mol. The van der Waals surface area contributed by atoms with Gasteiger partial charge in [0.15, 0.2) is 0 Å². The van der Waals surface area contributed by atoms with Crippen molar-refractivity contribution in [3.63, 3.8) is 0 Å². The van der Waals surface area contributed by atoms with E-state index in [0.29, 0.717) is 29.3 Å². The number of ether oxygens (including phenoxy) is 1. The first-order chi connectivity index (χ1) is 11.5.